The molecule has 0 amide bonds. The first-order valence-corrected chi connectivity index (χ1v) is 8.21. The lowest BCUT2D eigenvalue weighted by molar-refractivity contribution is 0.104. The summed E-state index contributed by atoms with van der Waals surface area (Å²) in [5.41, 5.74) is 2.60. The van der Waals surface area contributed by atoms with Crippen LogP contribution in [0.4, 0.5) is 0 Å². The zero-order valence-electron chi connectivity index (χ0n) is 14.0. The molecule has 1 unspecified atom stereocenters. The van der Waals surface area contributed by atoms with Crippen molar-refractivity contribution in [3.05, 3.63) is 29.3 Å². The molecular formula is C18H30ClNO2. The fourth-order valence-corrected chi connectivity index (χ4v) is 3.07. The smallest absolute Gasteiger partial charge is 0.119 e. The van der Waals surface area contributed by atoms with E-state index in [0.29, 0.717) is 25.1 Å². The maximum Gasteiger partial charge on any atom is 0.119 e. The summed E-state index contributed by atoms with van der Waals surface area (Å²) >= 11 is 0. The Morgan fingerprint density at radius 3 is 2.55 bits per heavy atom. The first-order valence-electron chi connectivity index (χ1n) is 8.21. The topological polar surface area (TPSA) is 41.5 Å². The molecule has 0 aliphatic heterocycles. The lowest BCUT2D eigenvalue weighted by Gasteiger charge is -2.17. The van der Waals surface area contributed by atoms with E-state index in [1.807, 2.05) is 6.07 Å². The van der Waals surface area contributed by atoms with Crippen LogP contribution in [0.1, 0.15) is 56.6 Å². The van der Waals surface area contributed by atoms with E-state index < -0.39 is 6.10 Å². The van der Waals surface area contributed by atoms with Crippen LogP contribution in [0.25, 0.3) is 0 Å². The second-order valence-corrected chi connectivity index (χ2v) is 6.53. The zero-order chi connectivity index (χ0) is 15.2. The molecule has 0 heterocycles. The number of aryl methyl sites for hydroxylation is 1. The van der Waals surface area contributed by atoms with Gasteiger partial charge in [-0.3, -0.25) is 0 Å². The highest BCUT2D eigenvalue weighted by atomic mass is 35.5. The summed E-state index contributed by atoms with van der Waals surface area (Å²) < 4.78 is 5.71. The Morgan fingerprint density at radius 1 is 1.27 bits per heavy atom. The molecule has 2 N–H and O–H groups in total. The van der Waals surface area contributed by atoms with Gasteiger partial charge in [0.05, 0.1) is 0 Å². The molecule has 1 atom stereocenters. The van der Waals surface area contributed by atoms with Crippen LogP contribution in [-0.4, -0.2) is 30.4 Å². The van der Waals surface area contributed by atoms with Crippen LogP contribution in [0.2, 0.25) is 0 Å². The van der Waals surface area contributed by atoms with Crippen LogP contribution in [0.3, 0.4) is 0 Å². The van der Waals surface area contributed by atoms with Gasteiger partial charge in [0.1, 0.15) is 18.5 Å². The minimum absolute atomic E-state index is 0. The van der Waals surface area contributed by atoms with Crippen LogP contribution < -0.4 is 10.1 Å². The molecule has 22 heavy (non-hydrogen) atoms. The summed E-state index contributed by atoms with van der Waals surface area (Å²) in [5.74, 6) is 1.37. The SMILES string of the molecule is Cc1cc(OCC(O)CNC2CCCC2)ccc1C(C)C.Cl. The molecule has 1 saturated carbocycles. The number of benzene rings is 1. The van der Waals surface area contributed by atoms with Gasteiger partial charge in [-0.25, -0.2) is 0 Å². The van der Waals surface area contributed by atoms with Gasteiger partial charge in [-0.05, 0) is 48.9 Å². The summed E-state index contributed by atoms with van der Waals surface area (Å²) in [4.78, 5) is 0. The molecule has 0 bridgehead atoms. The fraction of sp³-hybridized carbons (Fsp3) is 0.667. The van der Waals surface area contributed by atoms with Crippen molar-refractivity contribution in [1.29, 1.82) is 0 Å². The highest BCUT2D eigenvalue weighted by Gasteiger charge is 2.16. The molecule has 2 rings (SSSR count). The molecule has 1 aromatic carbocycles. The van der Waals surface area contributed by atoms with Crippen molar-refractivity contribution < 1.29 is 9.84 Å². The van der Waals surface area contributed by atoms with Crippen molar-refractivity contribution >= 4 is 12.4 Å². The molecule has 1 aliphatic carbocycles. The highest BCUT2D eigenvalue weighted by molar-refractivity contribution is 5.85. The largest absolute Gasteiger partial charge is 0.491 e. The van der Waals surface area contributed by atoms with E-state index in [4.69, 9.17) is 4.74 Å². The van der Waals surface area contributed by atoms with Crippen molar-refractivity contribution in [1.82, 2.24) is 5.32 Å². The minimum atomic E-state index is -0.448. The van der Waals surface area contributed by atoms with Crippen LogP contribution >= 0.6 is 12.4 Å². The van der Waals surface area contributed by atoms with Gasteiger partial charge in [-0.1, -0.05) is 32.8 Å². The number of rotatable bonds is 7. The predicted molar refractivity (Wildman–Crippen MR) is 94.3 cm³/mol. The van der Waals surface area contributed by atoms with E-state index in [2.05, 4.69) is 38.2 Å². The molecular weight excluding hydrogens is 298 g/mol. The summed E-state index contributed by atoms with van der Waals surface area (Å²) in [5, 5.41) is 13.4. The molecule has 0 saturated heterocycles. The van der Waals surface area contributed by atoms with E-state index in [9.17, 15) is 5.11 Å². The van der Waals surface area contributed by atoms with Crippen molar-refractivity contribution in [2.45, 2.75) is 64.5 Å². The number of aliphatic hydroxyl groups excluding tert-OH is 1. The van der Waals surface area contributed by atoms with E-state index >= 15 is 0 Å². The first kappa shape index (κ1) is 19.3. The fourth-order valence-electron chi connectivity index (χ4n) is 3.07. The molecule has 3 nitrogen and oxygen atoms in total. The monoisotopic (exact) mass is 327 g/mol. The van der Waals surface area contributed by atoms with Gasteiger partial charge in [-0.15, -0.1) is 12.4 Å². The van der Waals surface area contributed by atoms with Crippen LogP contribution in [0, 0.1) is 6.92 Å². The third-order valence-corrected chi connectivity index (χ3v) is 4.30. The zero-order valence-corrected chi connectivity index (χ0v) is 14.8. The van der Waals surface area contributed by atoms with Gasteiger partial charge in [0.25, 0.3) is 0 Å². The van der Waals surface area contributed by atoms with Crippen LogP contribution in [0.15, 0.2) is 18.2 Å². The molecule has 0 spiro atoms. The molecule has 0 aromatic heterocycles. The Kier molecular flexibility index (Phi) is 8.23. The lowest BCUT2D eigenvalue weighted by atomic mass is 9.98. The maximum absolute atomic E-state index is 10.00. The second kappa shape index (κ2) is 9.39. The Hall–Kier alpha value is -0.770. The van der Waals surface area contributed by atoms with Gasteiger partial charge in [0.2, 0.25) is 0 Å². The van der Waals surface area contributed by atoms with E-state index in [1.54, 1.807) is 0 Å². The number of nitrogens with one attached hydrogen (secondary N) is 1. The molecule has 1 aromatic rings. The van der Waals surface area contributed by atoms with Crippen molar-refractivity contribution in [3.8, 4) is 5.75 Å². The maximum atomic E-state index is 10.00. The first-order chi connectivity index (χ1) is 10.1. The Labute approximate surface area is 140 Å². The third kappa shape index (κ3) is 5.79. The van der Waals surface area contributed by atoms with Gasteiger partial charge in [0.15, 0.2) is 0 Å². The van der Waals surface area contributed by atoms with Gasteiger partial charge in [0, 0.05) is 12.6 Å². The summed E-state index contributed by atoms with van der Waals surface area (Å²) in [6.07, 6.45) is 4.65. The third-order valence-electron chi connectivity index (χ3n) is 4.30. The Bertz CT molecular complexity index is 445. The van der Waals surface area contributed by atoms with E-state index in [-0.39, 0.29) is 12.4 Å². The van der Waals surface area contributed by atoms with Crippen molar-refractivity contribution in [2.24, 2.45) is 0 Å². The molecule has 1 fully saturated rings. The average molecular weight is 328 g/mol. The number of aliphatic hydroxyl groups is 1. The van der Waals surface area contributed by atoms with E-state index in [1.165, 1.54) is 36.8 Å². The summed E-state index contributed by atoms with van der Waals surface area (Å²) in [7, 11) is 0. The van der Waals surface area contributed by atoms with Gasteiger partial charge in [-0.2, -0.15) is 0 Å². The van der Waals surface area contributed by atoms with Gasteiger partial charge < -0.3 is 15.2 Å². The predicted octanol–water partition coefficient (Wildman–Crippen LogP) is 3.81. The van der Waals surface area contributed by atoms with Crippen LogP contribution in [-0.2, 0) is 0 Å². The van der Waals surface area contributed by atoms with Crippen molar-refractivity contribution in [3.63, 3.8) is 0 Å². The summed E-state index contributed by atoms with van der Waals surface area (Å²) in [6, 6.07) is 6.77. The average Bonchev–Trinajstić information content (AvgIpc) is 2.95. The van der Waals surface area contributed by atoms with E-state index in [0.717, 1.165) is 5.75 Å². The second-order valence-electron chi connectivity index (χ2n) is 6.53. The molecule has 1 aliphatic rings. The van der Waals surface area contributed by atoms with Crippen LogP contribution in [0.5, 0.6) is 5.75 Å². The number of halogens is 1. The number of hydrogen-bond donors (Lipinski definition) is 2. The number of hydrogen-bond acceptors (Lipinski definition) is 3. The quantitative estimate of drug-likeness (QED) is 0.800. The van der Waals surface area contributed by atoms with Crippen molar-refractivity contribution in [2.75, 3.05) is 13.2 Å². The Morgan fingerprint density at radius 2 is 1.95 bits per heavy atom. The lowest BCUT2D eigenvalue weighted by Crippen LogP contribution is -2.36. The standard InChI is InChI=1S/C18H29NO2.ClH/c1-13(2)18-9-8-17(10-14(18)3)21-12-16(20)11-19-15-6-4-5-7-15;/h8-10,13,15-16,19-20H,4-7,11-12H2,1-3H3;1H. The number of ether oxygens (including phenoxy) is 1. The summed E-state index contributed by atoms with van der Waals surface area (Å²) in [6.45, 7) is 7.47. The normalized spacial score (nSPS) is 16.6. The molecule has 0 radical (unpaired) electrons. The van der Waals surface area contributed by atoms with Gasteiger partial charge >= 0.3 is 0 Å². The minimum Gasteiger partial charge on any atom is -0.491 e. The Balaban J connectivity index is 0.00000242. The molecule has 4 heteroatoms. The molecule has 126 valence electrons. The highest BCUT2D eigenvalue weighted by Crippen LogP contribution is 2.23.